The van der Waals surface area contributed by atoms with Crippen LogP contribution < -0.4 is 9.80 Å². The summed E-state index contributed by atoms with van der Waals surface area (Å²) in [5.41, 5.74) is 2.55. The molecule has 0 heterocycles. The third-order valence-electron chi connectivity index (χ3n) is 4.26. The number of hydrogen-bond acceptors (Lipinski definition) is 2. The maximum Gasteiger partial charge on any atom is 0.258 e. The van der Waals surface area contributed by atoms with Crippen molar-refractivity contribution in [3.8, 4) is 0 Å². The van der Waals surface area contributed by atoms with Gasteiger partial charge in [0.2, 0.25) is 0 Å². The number of para-hydroxylation sites is 2. The zero-order chi connectivity index (χ0) is 18.5. The molecule has 0 spiro atoms. The molecule has 0 atom stereocenters. The third kappa shape index (κ3) is 3.49. The molecule has 0 radical (unpaired) electrons. The summed E-state index contributed by atoms with van der Waals surface area (Å²) in [6.45, 7) is 0. The molecule has 0 aromatic heterocycles. The molecule has 4 heteroatoms. The Morgan fingerprint density at radius 3 is 1.19 bits per heavy atom. The van der Waals surface area contributed by atoms with Crippen LogP contribution in [0.4, 0.5) is 11.4 Å². The van der Waals surface area contributed by atoms with E-state index in [0.717, 1.165) is 0 Å². The monoisotopic (exact) mass is 344 g/mol. The van der Waals surface area contributed by atoms with Crippen molar-refractivity contribution in [3.05, 3.63) is 96.1 Å². The average molecular weight is 344 g/mol. The van der Waals surface area contributed by atoms with Crippen LogP contribution in [-0.2, 0) is 0 Å². The number of rotatable bonds is 4. The highest BCUT2D eigenvalue weighted by atomic mass is 16.2. The van der Waals surface area contributed by atoms with Crippen LogP contribution in [0.15, 0.2) is 84.9 Å². The second-order valence-corrected chi connectivity index (χ2v) is 5.95. The van der Waals surface area contributed by atoms with Gasteiger partial charge in [0.15, 0.2) is 0 Å². The largest absolute Gasteiger partial charge is 0.309 e. The standard InChI is InChI=1S/C22H20N2O2/c1-23(21(25)17-11-5-3-6-12-17)19-15-9-10-16-20(19)24(2)22(26)18-13-7-4-8-14-18/h3-16H,1-2H3. The number of carbonyl (C=O) groups excluding carboxylic acids is 2. The fourth-order valence-corrected chi connectivity index (χ4v) is 2.80. The summed E-state index contributed by atoms with van der Waals surface area (Å²) in [5.74, 6) is -0.253. The third-order valence-corrected chi connectivity index (χ3v) is 4.26. The molecule has 0 aliphatic rings. The molecule has 0 saturated heterocycles. The van der Waals surface area contributed by atoms with Gasteiger partial charge in [-0.2, -0.15) is 0 Å². The normalized spacial score (nSPS) is 10.2. The lowest BCUT2D eigenvalue weighted by molar-refractivity contribution is 0.0981. The summed E-state index contributed by atoms with van der Waals surface area (Å²) in [4.78, 5) is 28.7. The number of hydrogen-bond donors (Lipinski definition) is 0. The SMILES string of the molecule is CN(C(=O)c1ccccc1)c1ccccc1N(C)C(=O)c1ccccc1. The van der Waals surface area contributed by atoms with Crippen LogP contribution in [0.2, 0.25) is 0 Å². The first-order chi connectivity index (χ1) is 12.6. The Kier molecular flexibility index (Phi) is 5.13. The molecule has 3 aromatic carbocycles. The average Bonchev–Trinajstić information content (AvgIpc) is 2.73. The number of amides is 2. The van der Waals surface area contributed by atoms with Crippen molar-refractivity contribution in [2.24, 2.45) is 0 Å². The maximum absolute atomic E-state index is 12.8. The summed E-state index contributed by atoms with van der Waals surface area (Å²) in [7, 11) is 3.43. The van der Waals surface area contributed by atoms with Crippen LogP contribution in [0.1, 0.15) is 20.7 Å². The van der Waals surface area contributed by atoms with Gasteiger partial charge in [0.25, 0.3) is 11.8 Å². The predicted octanol–water partition coefficient (Wildman–Crippen LogP) is 4.24. The minimum absolute atomic E-state index is 0.126. The topological polar surface area (TPSA) is 40.6 Å². The highest BCUT2D eigenvalue weighted by Gasteiger charge is 2.21. The Morgan fingerprint density at radius 2 is 0.846 bits per heavy atom. The first kappa shape index (κ1) is 17.4. The summed E-state index contributed by atoms with van der Waals surface area (Å²) in [5, 5.41) is 0. The number of benzene rings is 3. The highest BCUT2D eigenvalue weighted by Crippen LogP contribution is 2.29. The van der Waals surface area contributed by atoms with Gasteiger partial charge < -0.3 is 9.80 Å². The molecule has 0 aliphatic carbocycles. The summed E-state index contributed by atoms with van der Waals surface area (Å²) in [6.07, 6.45) is 0. The van der Waals surface area contributed by atoms with Crippen molar-refractivity contribution in [2.75, 3.05) is 23.9 Å². The van der Waals surface area contributed by atoms with Gasteiger partial charge in [-0.05, 0) is 36.4 Å². The van der Waals surface area contributed by atoms with Gasteiger partial charge in [-0.1, -0.05) is 48.5 Å². The molecule has 0 aliphatic heterocycles. The van der Waals surface area contributed by atoms with Crippen molar-refractivity contribution in [3.63, 3.8) is 0 Å². The van der Waals surface area contributed by atoms with E-state index < -0.39 is 0 Å². The molecule has 4 nitrogen and oxygen atoms in total. The fraction of sp³-hybridized carbons (Fsp3) is 0.0909. The Morgan fingerprint density at radius 1 is 0.538 bits per heavy atom. The number of anilines is 2. The summed E-state index contributed by atoms with van der Waals surface area (Å²) < 4.78 is 0. The van der Waals surface area contributed by atoms with E-state index in [1.807, 2.05) is 60.7 Å². The lowest BCUT2D eigenvalue weighted by Crippen LogP contribution is -2.31. The van der Waals surface area contributed by atoms with Crippen molar-refractivity contribution in [2.45, 2.75) is 0 Å². The molecule has 3 rings (SSSR count). The van der Waals surface area contributed by atoms with Gasteiger partial charge in [-0.3, -0.25) is 9.59 Å². The van der Waals surface area contributed by atoms with Gasteiger partial charge in [0, 0.05) is 25.2 Å². The molecule has 0 bridgehead atoms. The van der Waals surface area contributed by atoms with Crippen LogP contribution >= 0.6 is 0 Å². The smallest absolute Gasteiger partial charge is 0.258 e. The van der Waals surface area contributed by atoms with E-state index in [1.54, 1.807) is 48.2 Å². The molecule has 0 saturated carbocycles. The Bertz CT molecular complexity index is 831. The molecule has 130 valence electrons. The molecule has 3 aromatic rings. The van der Waals surface area contributed by atoms with E-state index in [1.165, 1.54) is 0 Å². The first-order valence-electron chi connectivity index (χ1n) is 8.35. The molecule has 0 unspecified atom stereocenters. The van der Waals surface area contributed by atoms with Crippen molar-refractivity contribution < 1.29 is 9.59 Å². The number of nitrogens with zero attached hydrogens (tertiary/aromatic N) is 2. The second kappa shape index (κ2) is 7.66. The lowest BCUT2D eigenvalue weighted by Gasteiger charge is -2.26. The number of carbonyl (C=O) groups is 2. The Balaban J connectivity index is 1.93. The van der Waals surface area contributed by atoms with Gasteiger partial charge in [-0.25, -0.2) is 0 Å². The molecule has 0 fully saturated rings. The predicted molar refractivity (Wildman–Crippen MR) is 105 cm³/mol. The molecular weight excluding hydrogens is 324 g/mol. The zero-order valence-corrected chi connectivity index (χ0v) is 14.8. The van der Waals surface area contributed by atoms with Gasteiger partial charge >= 0.3 is 0 Å². The van der Waals surface area contributed by atoms with Crippen LogP contribution in [0.5, 0.6) is 0 Å². The Hall–Kier alpha value is -3.40. The van der Waals surface area contributed by atoms with Crippen molar-refractivity contribution in [1.29, 1.82) is 0 Å². The van der Waals surface area contributed by atoms with E-state index in [-0.39, 0.29) is 11.8 Å². The minimum atomic E-state index is -0.126. The van der Waals surface area contributed by atoms with Crippen LogP contribution in [-0.4, -0.2) is 25.9 Å². The molecular formula is C22H20N2O2. The second-order valence-electron chi connectivity index (χ2n) is 5.95. The zero-order valence-electron chi connectivity index (χ0n) is 14.8. The summed E-state index contributed by atoms with van der Waals surface area (Å²) in [6, 6.07) is 25.6. The van der Waals surface area contributed by atoms with E-state index in [0.29, 0.717) is 22.5 Å². The van der Waals surface area contributed by atoms with E-state index in [4.69, 9.17) is 0 Å². The van der Waals surface area contributed by atoms with Crippen molar-refractivity contribution in [1.82, 2.24) is 0 Å². The van der Waals surface area contributed by atoms with Crippen LogP contribution in [0.3, 0.4) is 0 Å². The van der Waals surface area contributed by atoms with Crippen molar-refractivity contribution >= 4 is 23.2 Å². The van der Waals surface area contributed by atoms with E-state index in [9.17, 15) is 9.59 Å². The Labute approximate surface area is 153 Å². The van der Waals surface area contributed by atoms with E-state index in [2.05, 4.69) is 0 Å². The fourth-order valence-electron chi connectivity index (χ4n) is 2.80. The molecule has 0 N–H and O–H groups in total. The summed E-state index contributed by atoms with van der Waals surface area (Å²) >= 11 is 0. The highest BCUT2D eigenvalue weighted by molar-refractivity contribution is 6.11. The minimum Gasteiger partial charge on any atom is -0.309 e. The van der Waals surface area contributed by atoms with Crippen LogP contribution in [0.25, 0.3) is 0 Å². The van der Waals surface area contributed by atoms with Crippen LogP contribution in [0, 0.1) is 0 Å². The quantitative estimate of drug-likeness (QED) is 0.710. The van der Waals surface area contributed by atoms with E-state index >= 15 is 0 Å². The molecule has 2 amide bonds. The molecule has 26 heavy (non-hydrogen) atoms. The van der Waals surface area contributed by atoms with Gasteiger partial charge in [-0.15, -0.1) is 0 Å². The first-order valence-corrected chi connectivity index (χ1v) is 8.35. The van der Waals surface area contributed by atoms with Gasteiger partial charge in [0.05, 0.1) is 11.4 Å². The van der Waals surface area contributed by atoms with Gasteiger partial charge in [0.1, 0.15) is 0 Å². The lowest BCUT2D eigenvalue weighted by atomic mass is 10.1. The maximum atomic E-state index is 12.8.